The van der Waals surface area contributed by atoms with Gasteiger partial charge in [-0.05, 0) is 31.4 Å². The van der Waals surface area contributed by atoms with E-state index in [0.717, 1.165) is 12.8 Å². The second-order valence-electron chi connectivity index (χ2n) is 4.80. The maximum atomic E-state index is 12.4. The summed E-state index contributed by atoms with van der Waals surface area (Å²) in [6, 6.07) is 4.20. The molecule has 2 amide bonds. The number of benzene rings is 1. The number of amides is 2. The Morgan fingerprint density at radius 3 is 3.00 bits per heavy atom. The molecule has 0 radical (unpaired) electrons. The van der Waals surface area contributed by atoms with Crippen molar-refractivity contribution in [2.75, 3.05) is 18.5 Å². The van der Waals surface area contributed by atoms with E-state index in [1.807, 2.05) is 0 Å². The zero-order valence-corrected chi connectivity index (χ0v) is 11.7. The molecule has 0 saturated carbocycles. The third kappa shape index (κ3) is 4.56. The highest BCUT2D eigenvalue weighted by Crippen LogP contribution is 2.29. The van der Waals surface area contributed by atoms with Gasteiger partial charge in [0.15, 0.2) is 0 Å². The van der Waals surface area contributed by atoms with Gasteiger partial charge in [-0.1, -0.05) is 12.1 Å². The summed E-state index contributed by atoms with van der Waals surface area (Å²) in [6.45, 7) is -0.142. The lowest BCUT2D eigenvalue weighted by Gasteiger charge is -2.16. The lowest BCUT2D eigenvalue weighted by atomic mass is 10.2. The molecule has 1 aromatic carbocycles. The molecule has 7 heteroatoms. The van der Waals surface area contributed by atoms with Crippen molar-refractivity contribution in [1.82, 2.24) is 5.32 Å². The summed E-state index contributed by atoms with van der Waals surface area (Å²) in [7, 11) is 0. The normalized spacial score (nSPS) is 17.8. The average Bonchev–Trinajstić information content (AvgIpc) is 2.93. The number of carbonyl (C=O) groups is 1. The van der Waals surface area contributed by atoms with Crippen molar-refractivity contribution in [3.63, 3.8) is 0 Å². The monoisotopic (exact) mass is 300 g/mol. The summed E-state index contributed by atoms with van der Waals surface area (Å²) < 4.78 is 34.5. The molecular weight excluding hydrogens is 282 g/mol. The highest BCUT2D eigenvalue weighted by atomic mass is 19.3. The van der Waals surface area contributed by atoms with Gasteiger partial charge in [0.05, 0.1) is 11.8 Å². The molecule has 0 spiro atoms. The van der Waals surface area contributed by atoms with Crippen molar-refractivity contribution in [3.8, 4) is 5.75 Å². The highest BCUT2D eigenvalue weighted by molar-refractivity contribution is 5.91. The van der Waals surface area contributed by atoms with E-state index in [1.54, 1.807) is 19.1 Å². The van der Waals surface area contributed by atoms with Crippen molar-refractivity contribution in [3.05, 3.63) is 23.8 Å². The van der Waals surface area contributed by atoms with E-state index >= 15 is 0 Å². The zero-order chi connectivity index (χ0) is 15.2. The molecule has 0 bridgehead atoms. The number of hydrogen-bond acceptors (Lipinski definition) is 3. The van der Waals surface area contributed by atoms with E-state index in [-0.39, 0.29) is 17.5 Å². The lowest BCUT2D eigenvalue weighted by Crippen LogP contribution is -2.35. The molecule has 1 aliphatic rings. The summed E-state index contributed by atoms with van der Waals surface area (Å²) in [5.41, 5.74) is 0.878. The Labute approximate surface area is 121 Å². The fourth-order valence-corrected chi connectivity index (χ4v) is 2.16. The molecule has 1 saturated heterocycles. The van der Waals surface area contributed by atoms with Crippen LogP contribution in [0.3, 0.4) is 0 Å². The van der Waals surface area contributed by atoms with E-state index < -0.39 is 12.6 Å². The van der Waals surface area contributed by atoms with Crippen LogP contribution in [0.1, 0.15) is 18.4 Å². The molecule has 1 heterocycles. The first-order valence-corrected chi connectivity index (χ1v) is 6.77. The first-order valence-electron chi connectivity index (χ1n) is 6.77. The minimum absolute atomic E-state index is 0.0180. The zero-order valence-electron chi connectivity index (χ0n) is 11.7. The summed E-state index contributed by atoms with van der Waals surface area (Å²) in [5, 5.41) is 5.21. The lowest BCUT2D eigenvalue weighted by molar-refractivity contribution is -0.0493. The molecule has 1 atom stereocenters. The first kappa shape index (κ1) is 15.5. The molecule has 2 rings (SSSR count). The Morgan fingerprint density at radius 1 is 1.52 bits per heavy atom. The number of ether oxygens (including phenoxy) is 2. The van der Waals surface area contributed by atoms with Crippen LogP contribution in [0.15, 0.2) is 18.2 Å². The van der Waals surface area contributed by atoms with E-state index in [2.05, 4.69) is 15.4 Å². The summed E-state index contributed by atoms with van der Waals surface area (Å²) >= 11 is 0. The number of hydrogen-bond donors (Lipinski definition) is 2. The van der Waals surface area contributed by atoms with E-state index in [9.17, 15) is 13.6 Å². The molecule has 0 aromatic heterocycles. The van der Waals surface area contributed by atoms with Crippen LogP contribution in [-0.4, -0.2) is 31.9 Å². The fourth-order valence-electron chi connectivity index (χ4n) is 2.16. The topological polar surface area (TPSA) is 59.6 Å². The predicted octanol–water partition coefficient (Wildman–Crippen LogP) is 2.90. The Morgan fingerprint density at radius 2 is 2.33 bits per heavy atom. The maximum Gasteiger partial charge on any atom is 0.387 e. The van der Waals surface area contributed by atoms with E-state index in [1.165, 1.54) is 6.07 Å². The van der Waals surface area contributed by atoms with Gasteiger partial charge in [0, 0.05) is 13.2 Å². The third-order valence-electron chi connectivity index (χ3n) is 3.20. The van der Waals surface area contributed by atoms with Crippen molar-refractivity contribution >= 4 is 11.7 Å². The molecule has 1 fully saturated rings. The van der Waals surface area contributed by atoms with Gasteiger partial charge in [-0.3, -0.25) is 0 Å². The van der Waals surface area contributed by atoms with Gasteiger partial charge in [-0.2, -0.15) is 8.78 Å². The van der Waals surface area contributed by atoms with Gasteiger partial charge in [0.1, 0.15) is 5.75 Å². The number of anilines is 1. The SMILES string of the molecule is Cc1cccc(OC(F)F)c1NC(=O)NC[C@@H]1CCCO1. The number of urea groups is 1. The Bertz CT molecular complexity index is 491. The molecule has 0 aliphatic carbocycles. The standard InChI is InChI=1S/C14H18F2N2O3/c1-9-4-2-6-11(21-13(15)16)12(9)18-14(19)17-8-10-5-3-7-20-10/h2,4,6,10,13H,3,5,7-8H2,1H3,(H2,17,18,19)/t10-/m0/s1. The van der Waals surface area contributed by atoms with Crippen molar-refractivity contribution < 1.29 is 23.0 Å². The quantitative estimate of drug-likeness (QED) is 0.879. The van der Waals surface area contributed by atoms with Crippen LogP contribution in [0.4, 0.5) is 19.3 Å². The molecule has 0 unspecified atom stereocenters. The largest absolute Gasteiger partial charge is 0.433 e. The average molecular weight is 300 g/mol. The molecular formula is C14H18F2N2O3. The Kier molecular flexibility index (Phi) is 5.32. The minimum atomic E-state index is -2.94. The number of rotatable bonds is 5. The molecule has 21 heavy (non-hydrogen) atoms. The second-order valence-corrected chi connectivity index (χ2v) is 4.80. The first-order chi connectivity index (χ1) is 10.1. The maximum absolute atomic E-state index is 12.4. The van der Waals surface area contributed by atoms with E-state index in [4.69, 9.17) is 4.74 Å². The number of para-hydroxylation sites is 1. The van der Waals surface area contributed by atoms with Crippen molar-refractivity contribution in [1.29, 1.82) is 0 Å². The van der Waals surface area contributed by atoms with Crippen LogP contribution in [0.2, 0.25) is 0 Å². The van der Waals surface area contributed by atoms with Crippen LogP contribution in [0.25, 0.3) is 0 Å². The Hall–Kier alpha value is -1.89. The third-order valence-corrected chi connectivity index (χ3v) is 3.20. The van der Waals surface area contributed by atoms with Gasteiger partial charge < -0.3 is 20.1 Å². The number of aryl methyl sites for hydroxylation is 1. The van der Waals surface area contributed by atoms with Gasteiger partial charge in [-0.25, -0.2) is 4.79 Å². The van der Waals surface area contributed by atoms with Gasteiger partial charge >= 0.3 is 12.6 Å². The van der Waals surface area contributed by atoms with Crippen molar-refractivity contribution in [2.45, 2.75) is 32.5 Å². The molecule has 1 aromatic rings. The van der Waals surface area contributed by atoms with Crippen LogP contribution < -0.4 is 15.4 Å². The second kappa shape index (κ2) is 7.21. The predicted molar refractivity (Wildman–Crippen MR) is 73.8 cm³/mol. The van der Waals surface area contributed by atoms with Crippen LogP contribution in [0, 0.1) is 6.92 Å². The summed E-state index contributed by atoms with van der Waals surface area (Å²) in [6.07, 6.45) is 1.91. The molecule has 116 valence electrons. The number of alkyl halides is 2. The molecule has 1 aliphatic heterocycles. The summed E-state index contributed by atoms with van der Waals surface area (Å²) in [5.74, 6) is -0.0581. The van der Waals surface area contributed by atoms with Gasteiger partial charge in [-0.15, -0.1) is 0 Å². The van der Waals surface area contributed by atoms with E-state index in [0.29, 0.717) is 18.7 Å². The molecule has 5 nitrogen and oxygen atoms in total. The number of nitrogens with one attached hydrogen (secondary N) is 2. The number of carbonyl (C=O) groups excluding carboxylic acids is 1. The van der Waals surface area contributed by atoms with Crippen LogP contribution >= 0.6 is 0 Å². The Balaban J connectivity index is 1.95. The van der Waals surface area contributed by atoms with Gasteiger partial charge in [0.25, 0.3) is 0 Å². The fraction of sp³-hybridized carbons (Fsp3) is 0.500. The highest BCUT2D eigenvalue weighted by Gasteiger charge is 2.17. The van der Waals surface area contributed by atoms with Crippen LogP contribution in [0.5, 0.6) is 5.75 Å². The molecule has 2 N–H and O–H groups in total. The van der Waals surface area contributed by atoms with Gasteiger partial charge in [0.2, 0.25) is 0 Å². The smallest absolute Gasteiger partial charge is 0.387 e. The number of halogens is 2. The summed E-state index contributed by atoms with van der Waals surface area (Å²) in [4.78, 5) is 11.8. The van der Waals surface area contributed by atoms with Crippen molar-refractivity contribution in [2.24, 2.45) is 0 Å². The minimum Gasteiger partial charge on any atom is -0.433 e. The van der Waals surface area contributed by atoms with Crippen LogP contribution in [-0.2, 0) is 4.74 Å².